The molecule has 226 valence electrons. The number of fused-ring (bicyclic) bond motifs is 1. The number of para-hydroxylation sites is 1. The third kappa shape index (κ3) is 7.11. The molecule has 1 aliphatic heterocycles. The fourth-order valence-electron chi connectivity index (χ4n) is 5.06. The summed E-state index contributed by atoms with van der Waals surface area (Å²) in [6.07, 6.45) is 0.332. The molecule has 3 N–H and O–H groups in total. The molecule has 5 rings (SSSR count). The summed E-state index contributed by atoms with van der Waals surface area (Å²) in [6, 6.07) is 16.5. The molecule has 2 aromatic heterocycles. The highest BCUT2D eigenvalue weighted by Gasteiger charge is 2.26. The number of anilines is 2. The molecule has 4 aromatic rings. The fourth-order valence-corrected chi connectivity index (χ4v) is 5.91. The second-order valence-electron chi connectivity index (χ2n) is 11.6. The molecule has 43 heavy (non-hydrogen) atoms. The standard InChI is InChI=1S/C32H36N4O6S/c1-32(2,3)42-30(38)23-17-22(9-10-25(23)33-21-11-14-36(15-12-21)31(39)40)41-19-20-7-5-6-8-24(20)34-29(37)27-18-28-26(35(27)4)13-16-43-28/h5-10,13,16-18,21,33H,11-12,14-15,19H2,1-4H3,(H,34,37)(H,39,40). The second-order valence-corrected chi connectivity index (χ2v) is 12.5. The van der Waals surface area contributed by atoms with Crippen LogP contribution in [0.1, 0.15) is 60.0 Å². The van der Waals surface area contributed by atoms with E-state index in [0.717, 1.165) is 15.8 Å². The van der Waals surface area contributed by atoms with E-state index >= 15 is 0 Å². The van der Waals surface area contributed by atoms with E-state index in [1.807, 2.05) is 74.2 Å². The quantitative estimate of drug-likeness (QED) is 0.194. The van der Waals surface area contributed by atoms with Gasteiger partial charge in [0.1, 0.15) is 23.7 Å². The van der Waals surface area contributed by atoms with Crippen LogP contribution < -0.4 is 15.4 Å². The van der Waals surface area contributed by atoms with E-state index in [4.69, 9.17) is 9.47 Å². The summed E-state index contributed by atoms with van der Waals surface area (Å²) in [5.41, 5.74) is 3.23. The van der Waals surface area contributed by atoms with Gasteiger partial charge >= 0.3 is 12.1 Å². The lowest BCUT2D eigenvalue weighted by Crippen LogP contribution is -2.41. The number of carboxylic acid groups (broad SMARTS) is 1. The summed E-state index contributed by atoms with van der Waals surface area (Å²) in [5.74, 6) is -0.232. The molecule has 1 fully saturated rings. The van der Waals surface area contributed by atoms with Gasteiger partial charge in [0.15, 0.2) is 0 Å². The van der Waals surface area contributed by atoms with Gasteiger partial charge in [0, 0.05) is 43.1 Å². The lowest BCUT2D eigenvalue weighted by atomic mass is 10.0. The summed E-state index contributed by atoms with van der Waals surface area (Å²) < 4.78 is 14.7. The Morgan fingerprint density at radius 2 is 1.77 bits per heavy atom. The van der Waals surface area contributed by atoms with Crippen LogP contribution in [0.25, 0.3) is 10.2 Å². The molecule has 0 radical (unpaired) electrons. The molecule has 1 aliphatic rings. The number of likely N-dealkylation sites (tertiary alicyclic amines) is 1. The fraction of sp³-hybridized carbons (Fsp3) is 0.344. The molecule has 0 unspecified atom stereocenters. The zero-order valence-corrected chi connectivity index (χ0v) is 25.5. The van der Waals surface area contributed by atoms with Gasteiger partial charge in [-0.15, -0.1) is 11.3 Å². The Kier molecular flexibility index (Phi) is 8.63. The van der Waals surface area contributed by atoms with Gasteiger partial charge in [-0.25, -0.2) is 9.59 Å². The maximum atomic E-state index is 13.2. The number of benzene rings is 2. The average molecular weight is 605 g/mol. The van der Waals surface area contributed by atoms with Gasteiger partial charge in [-0.3, -0.25) is 4.79 Å². The van der Waals surface area contributed by atoms with Crippen molar-refractivity contribution in [2.24, 2.45) is 7.05 Å². The number of hydrogen-bond acceptors (Lipinski definition) is 7. The molecular formula is C32H36N4O6S. The summed E-state index contributed by atoms with van der Waals surface area (Å²) in [5, 5.41) is 17.7. The van der Waals surface area contributed by atoms with Crippen molar-refractivity contribution >= 4 is 50.9 Å². The van der Waals surface area contributed by atoms with Crippen LogP contribution in [0.3, 0.4) is 0 Å². The number of ether oxygens (including phenoxy) is 2. The molecule has 1 saturated heterocycles. The van der Waals surface area contributed by atoms with E-state index < -0.39 is 17.7 Å². The van der Waals surface area contributed by atoms with Crippen LogP contribution in [0.2, 0.25) is 0 Å². The number of hydrogen-bond donors (Lipinski definition) is 3. The number of amides is 2. The van der Waals surface area contributed by atoms with Crippen LogP contribution >= 0.6 is 11.3 Å². The maximum Gasteiger partial charge on any atom is 0.407 e. The Morgan fingerprint density at radius 1 is 1.02 bits per heavy atom. The van der Waals surface area contributed by atoms with E-state index in [-0.39, 0.29) is 18.6 Å². The number of aryl methyl sites for hydroxylation is 1. The van der Waals surface area contributed by atoms with Gasteiger partial charge in [-0.1, -0.05) is 18.2 Å². The van der Waals surface area contributed by atoms with Crippen LogP contribution in [-0.4, -0.2) is 57.3 Å². The number of carbonyl (C=O) groups is 3. The Morgan fingerprint density at radius 3 is 2.47 bits per heavy atom. The van der Waals surface area contributed by atoms with Crippen molar-refractivity contribution in [2.75, 3.05) is 23.7 Å². The molecule has 11 heteroatoms. The molecule has 0 atom stereocenters. The monoisotopic (exact) mass is 604 g/mol. The van der Waals surface area contributed by atoms with Crippen LogP contribution in [0, 0.1) is 0 Å². The highest BCUT2D eigenvalue weighted by molar-refractivity contribution is 7.17. The van der Waals surface area contributed by atoms with E-state index in [9.17, 15) is 19.5 Å². The molecule has 0 bridgehead atoms. The number of carbonyl (C=O) groups excluding carboxylic acids is 2. The number of aromatic nitrogens is 1. The molecule has 3 heterocycles. The summed E-state index contributed by atoms with van der Waals surface area (Å²) >= 11 is 1.59. The van der Waals surface area contributed by atoms with Gasteiger partial charge in [0.2, 0.25) is 0 Å². The number of nitrogens with zero attached hydrogens (tertiary/aromatic N) is 2. The molecule has 0 aliphatic carbocycles. The SMILES string of the molecule is Cn1c(C(=O)Nc2ccccc2COc2ccc(NC3CCN(C(=O)O)CC3)c(C(=O)OC(C)(C)C)c2)cc2sccc21. The first-order valence-corrected chi connectivity index (χ1v) is 15.0. The van der Waals surface area contributed by atoms with Gasteiger partial charge in [-0.05, 0) is 75.4 Å². The second kappa shape index (κ2) is 12.4. The van der Waals surface area contributed by atoms with Gasteiger partial charge in [-0.2, -0.15) is 0 Å². The highest BCUT2D eigenvalue weighted by atomic mass is 32.1. The Hall–Kier alpha value is -4.51. The minimum atomic E-state index is -0.921. The topological polar surface area (TPSA) is 122 Å². The minimum Gasteiger partial charge on any atom is -0.489 e. The van der Waals surface area contributed by atoms with Crippen molar-refractivity contribution in [1.29, 1.82) is 0 Å². The van der Waals surface area contributed by atoms with E-state index in [0.29, 0.717) is 54.3 Å². The molecule has 2 amide bonds. The molecule has 10 nitrogen and oxygen atoms in total. The third-order valence-electron chi connectivity index (χ3n) is 7.29. The molecule has 0 spiro atoms. The smallest absolute Gasteiger partial charge is 0.407 e. The first-order chi connectivity index (χ1) is 20.5. The van der Waals surface area contributed by atoms with Crippen molar-refractivity contribution in [1.82, 2.24) is 9.47 Å². The Bertz CT molecular complexity index is 1640. The highest BCUT2D eigenvalue weighted by Crippen LogP contribution is 2.29. The Balaban J connectivity index is 1.31. The molecular weight excluding hydrogens is 568 g/mol. The lowest BCUT2D eigenvalue weighted by Gasteiger charge is -2.31. The van der Waals surface area contributed by atoms with Gasteiger partial charge in [0.05, 0.1) is 15.8 Å². The van der Waals surface area contributed by atoms with Crippen molar-refractivity contribution in [3.63, 3.8) is 0 Å². The van der Waals surface area contributed by atoms with E-state index in [1.54, 1.807) is 29.5 Å². The first-order valence-electron chi connectivity index (χ1n) is 14.2. The van der Waals surface area contributed by atoms with Gasteiger partial charge < -0.3 is 34.7 Å². The summed E-state index contributed by atoms with van der Waals surface area (Å²) in [7, 11) is 1.87. The van der Waals surface area contributed by atoms with E-state index in [1.165, 1.54) is 4.90 Å². The van der Waals surface area contributed by atoms with Crippen molar-refractivity contribution in [2.45, 2.75) is 51.9 Å². The number of thiophene rings is 1. The zero-order chi connectivity index (χ0) is 30.7. The zero-order valence-electron chi connectivity index (χ0n) is 24.7. The lowest BCUT2D eigenvalue weighted by molar-refractivity contribution is 0.00700. The number of rotatable bonds is 8. The van der Waals surface area contributed by atoms with Crippen molar-refractivity contribution in [3.8, 4) is 5.75 Å². The van der Waals surface area contributed by atoms with Crippen LogP contribution in [0.5, 0.6) is 5.75 Å². The Labute approximate surface area is 254 Å². The van der Waals surface area contributed by atoms with Crippen molar-refractivity contribution < 1.29 is 29.0 Å². The number of esters is 1. The van der Waals surface area contributed by atoms with Crippen LogP contribution in [0.15, 0.2) is 60.0 Å². The van der Waals surface area contributed by atoms with Crippen LogP contribution in [-0.2, 0) is 18.4 Å². The molecule has 2 aromatic carbocycles. The maximum absolute atomic E-state index is 13.2. The largest absolute Gasteiger partial charge is 0.489 e. The predicted molar refractivity (Wildman–Crippen MR) is 167 cm³/mol. The summed E-state index contributed by atoms with van der Waals surface area (Å²) in [6.45, 7) is 6.44. The van der Waals surface area contributed by atoms with E-state index in [2.05, 4.69) is 10.6 Å². The number of piperidine rings is 1. The average Bonchev–Trinajstić information content (AvgIpc) is 3.55. The summed E-state index contributed by atoms with van der Waals surface area (Å²) in [4.78, 5) is 39.1. The third-order valence-corrected chi connectivity index (χ3v) is 8.14. The minimum absolute atomic E-state index is 0.0130. The van der Waals surface area contributed by atoms with Crippen LogP contribution in [0.4, 0.5) is 16.2 Å². The van der Waals surface area contributed by atoms with Gasteiger partial charge in [0.25, 0.3) is 5.91 Å². The van der Waals surface area contributed by atoms with Crippen molar-refractivity contribution in [3.05, 3.63) is 76.8 Å². The number of nitrogens with one attached hydrogen (secondary N) is 2. The first kappa shape index (κ1) is 30.0. The normalized spacial score (nSPS) is 14.0. The molecule has 0 saturated carbocycles. The predicted octanol–water partition coefficient (Wildman–Crippen LogP) is 6.58.